The van der Waals surface area contributed by atoms with Crippen molar-refractivity contribution in [3.63, 3.8) is 0 Å². The van der Waals surface area contributed by atoms with Crippen molar-refractivity contribution in [2.75, 3.05) is 12.4 Å². The van der Waals surface area contributed by atoms with Crippen molar-refractivity contribution in [1.29, 1.82) is 5.26 Å². The van der Waals surface area contributed by atoms with Crippen molar-refractivity contribution < 1.29 is 14.3 Å². The quantitative estimate of drug-likeness (QED) is 0.230. The average molecular weight is 560 g/mol. The molecule has 5 nitrogen and oxygen atoms in total. The highest BCUT2D eigenvalue weighted by atomic mass is 79.9. The van der Waals surface area contributed by atoms with Gasteiger partial charge in [0.25, 0.3) is 5.91 Å². The maximum atomic E-state index is 12.7. The van der Waals surface area contributed by atoms with Crippen molar-refractivity contribution in [3.05, 3.63) is 91.4 Å². The van der Waals surface area contributed by atoms with Gasteiger partial charge in [-0.2, -0.15) is 5.26 Å². The molecule has 3 aromatic rings. The van der Waals surface area contributed by atoms with E-state index in [1.54, 1.807) is 30.3 Å². The lowest BCUT2D eigenvalue weighted by atomic mass is 10.1. The third-order valence-electron chi connectivity index (χ3n) is 4.96. The molecule has 174 valence electrons. The van der Waals surface area contributed by atoms with Gasteiger partial charge in [0.2, 0.25) is 0 Å². The molecule has 0 radical (unpaired) electrons. The summed E-state index contributed by atoms with van der Waals surface area (Å²) >= 11 is 15.7. The molecule has 0 aromatic heterocycles. The Labute approximate surface area is 217 Å². The molecule has 1 amide bonds. The number of nitrogens with one attached hydrogen (secondary N) is 1. The highest BCUT2D eigenvalue weighted by Gasteiger charge is 2.15. The molecule has 0 aliphatic rings. The van der Waals surface area contributed by atoms with E-state index in [9.17, 15) is 10.1 Å². The Morgan fingerprint density at radius 2 is 1.91 bits per heavy atom. The summed E-state index contributed by atoms with van der Waals surface area (Å²) in [5.41, 5.74) is 2.98. The van der Waals surface area contributed by atoms with Crippen molar-refractivity contribution in [2.45, 2.75) is 20.0 Å². The molecule has 0 bridgehead atoms. The van der Waals surface area contributed by atoms with Crippen molar-refractivity contribution in [2.24, 2.45) is 0 Å². The minimum Gasteiger partial charge on any atom is -0.493 e. The summed E-state index contributed by atoms with van der Waals surface area (Å²) in [6.45, 7) is 2.20. The lowest BCUT2D eigenvalue weighted by Crippen LogP contribution is -2.14. The van der Waals surface area contributed by atoms with E-state index in [1.165, 1.54) is 13.2 Å². The summed E-state index contributed by atoms with van der Waals surface area (Å²) < 4.78 is 12.0. The number of amides is 1. The Morgan fingerprint density at radius 3 is 2.59 bits per heavy atom. The molecule has 8 heteroatoms. The molecule has 0 unspecified atom stereocenters. The van der Waals surface area contributed by atoms with Gasteiger partial charge >= 0.3 is 0 Å². The number of nitriles is 1. The van der Waals surface area contributed by atoms with E-state index in [0.717, 1.165) is 17.5 Å². The Hall–Kier alpha value is -2.98. The van der Waals surface area contributed by atoms with Crippen LogP contribution >= 0.6 is 39.1 Å². The van der Waals surface area contributed by atoms with Gasteiger partial charge in [-0.25, -0.2) is 0 Å². The van der Waals surface area contributed by atoms with Crippen LogP contribution in [0.4, 0.5) is 5.69 Å². The van der Waals surface area contributed by atoms with Gasteiger partial charge in [0.1, 0.15) is 18.2 Å². The minimum atomic E-state index is -0.490. The fraction of sp³-hybridized carbons (Fsp3) is 0.154. The number of carbonyl (C=O) groups is 1. The zero-order chi connectivity index (χ0) is 24.7. The summed E-state index contributed by atoms with van der Waals surface area (Å²) in [5, 5.41) is 13.5. The molecule has 0 aliphatic carbocycles. The largest absolute Gasteiger partial charge is 0.493 e. The van der Waals surface area contributed by atoms with E-state index in [4.69, 9.17) is 32.7 Å². The van der Waals surface area contributed by atoms with Gasteiger partial charge in [-0.15, -0.1) is 0 Å². The maximum Gasteiger partial charge on any atom is 0.266 e. The summed E-state index contributed by atoms with van der Waals surface area (Å²) in [5.74, 6) is 0.404. The SMILES string of the molecule is CCc1ccccc1NC(=O)/C(C#N)=C/c1cc(Br)c(OCc2ccc(Cl)cc2Cl)c(OC)c1. The number of anilines is 1. The molecule has 0 spiro atoms. The van der Waals surface area contributed by atoms with Crippen LogP contribution in [0.3, 0.4) is 0 Å². The summed E-state index contributed by atoms with van der Waals surface area (Å²) in [6.07, 6.45) is 2.26. The number of ether oxygens (including phenoxy) is 2. The first-order valence-corrected chi connectivity index (χ1v) is 11.9. The lowest BCUT2D eigenvalue weighted by Gasteiger charge is -2.14. The Morgan fingerprint density at radius 1 is 1.15 bits per heavy atom. The fourth-order valence-corrected chi connectivity index (χ4v) is 4.24. The van der Waals surface area contributed by atoms with E-state index in [2.05, 4.69) is 21.2 Å². The molecule has 0 heterocycles. The minimum absolute atomic E-state index is 0.0403. The molecule has 0 fully saturated rings. The fourth-order valence-electron chi connectivity index (χ4n) is 3.21. The number of methoxy groups -OCH3 is 1. The maximum absolute atomic E-state index is 12.7. The van der Waals surface area contributed by atoms with Gasteiger partial charge < -0.3 is 14.8 Å². The van der Waals surface area contributed by atoms with Crippen LogP contribution in [0.1, 0.15) is 23.6 Å². The second kappa shape index (κ2) is 11.9. The number of hydrogen-bond acceptors (Lipinski definition) is 4. The molecule has 0 saturated carbocycles. The lowest BCUT2D eigenvalue weighted by molar-refractivity contribution is -0.112. The van der Waals surface area contributed by atoms with Crippen LogP contribution in [-0.4, -0.2) is 13.0 Å². The second-order valence-corrected chi connectivity index (χ2v) is 8.89. The first-order valence-electron chi connectivity index (χ1n) is 10.3. The van der Waals surface area contributed by atoms with Gasteiger partial charge in [-0.1, -0.05) is 54.4 Å². The predicted molar refractivity (Wildman–Crippen MR) is 140 cm³/mol. The van der Waals surface area contributed by atoms with Crippen LogP contribution in [0, 0.1) is 11.3 Å². The van der Waals surface area contributed by atoms with Crippen molar-refractivity contribution in [1.82, 2.24) is 0 Å². The molecule has 0 saturated heterocycles. The Bertz CT molecular complexity index is 1290. The summed E-state index contributed by atoms with van der Waals surface area (Å²) in [4.78, 5) is 12.7. The van der Waals surface area contributed by atoms with Crippen molar-refractivity contribution >= 4 is 56.8 Å². The van der Waals surface area contributed by atoms with Gasteiger partial charge in [0, 0.05) is 21.3 Å². The van der Waals surface area contributed by atoms with E-state index in [0.29, 0.717) is 37.3 Å². The monoisotopic (exact) mass is 558 g/mol. The van der Waals surface area contributed by atoms with Gasteiger partial charge in [-0.3, -0.25) is 4.79 Å². The molecule has 1 N–H and O–H groups in total. The zero-order valence-electron chi connectivity index (χ0n) is 18.5. The van der Waals surface area contributed by atoms with Crippen LogP contribution in [0.2, 0.25) is 10.0 Å². The number of halogens is 3. The van der Waals surface area contributed by atoms with Gasteiger partial charge in [0.05, 0.1) is 11.6 Å². The number of rotatable bonds is 8. The Kier molecular flexibility index (Phi) is 9.00. The molecular formula is C26H21BrCl2N2O3. The smallest absolute Gasteiger partial charge is 0.266 e. The number of carbonyl (C=O) groups excluding carboxylic acids is 1. The van der Waals surface area contributed by atoms with Crippen LogP contribution in [-0.2, 0) is 17.8 Å². The van der Waals surface area contributed by atoms with Crippen molar-refractivity contribution in [3.8, 4) is 17.6 Å². The molecule has 3 rings (SSSR count). The standard InChI is InChI=1S/C26H21BrCl2N2O3/c1-3-17-6-4-5-7-23(17)31-26(32)19(14-30)10-16-11-21(27)25(24(12-16)33-2)34-15-18-8-9-20(28)13-22(18)29/h4-13H,3,15H2,1-2H3,(H,31,32)/b19-10+. The highest BCUT2D eigenvalue weighted by molar-refractivity contribution is 9.10. The Balaban J connectivity index is 1.84. The average Bonchev–Trinajstić information content (AvgIpc) is 2.82. The summed E-state index contributed by atoms with van der Waals surface area (Å²) in [7, 11) is 1.51. The third-order valence-corrected chi connectivity index (χ3v) is 6.14. The zero-order valence-corrected chi connectivity index (χ0v) is 21.6. The number of benzene rings is 3. The van der Waals surface area contributed by atoms with E-state index >= 15 is 0 Å². The normalized spacial score (nSPS) is 11.0. The number of aryl methyl sites for hydroxylation is 1. The molecule has 34 heavy (non-hydrogen) atoms. The van der Waals surface area contributed by atoms with Gasteiger partial charge in [-0.05, 0) is 69.9 Å². The first-order chi connectivity index (χ1) is 16.4. The molecule has 0 aliphatic heterocycles. The van der Waals surface area contributed by atoms with Gasteiger partial charge in [0.15, 0.2) is 11.5 Å². The third kappa shape index (κ3) is 6.32. The summed E-state index contributed by atoms with van der Waals surface area (Å²) in [6, 6.07) is 18.1. The number of hydrogen-bond donors (Lipinski definition) is 1. The predicted octanol–water partition coefficient (Wildman–Crippen LogP) is 7.45. The second-order valence-electron chi connectivity index (χ2n) is 7.19. The molecule has 0 atom stereocenters. The van der Waals surface area contributed by atoms with E-state index in [-0.39, 0.29) is 12.2 Å². The number of para-hydroxylation sites is 1. The topological polar surface area (TPSA) is 71.4 Å². The van der Waals surface area contributed by atoms with Crippen LogP contribution in [0.15, 0.2) is 64.6 Å². The van der Waals surface area contributed by atoms with Crippen LogP contribution in [0.25, 0.3) is 6.08 Å². The first kappa shape index (κ1) is 25.6. The number of nitrogens with zero attached hydrogens (tertiary/aromatic N) is 1. The van der Waals surface area contributed by atoms with Crippen LogP contribution < -0.4 is 14.8 Å². The molecular weight excluding hydrogens is 539 g/mol. The molecule has 3 aromatic carbocycles. The van der Waals surface area contributed by atoms with E-state index in [1.807, 2.05) is 37.3 Å². The van der Waals surface area contributed by atoms with E-state index < -0.39 is 5.91 Å². The van der Waals surface area contributed by atoms with Crippen LogP contribution in [0.5, 0.6) is 11.5 Å². The highest BCUT2D eigenvalue weighted by Crippen LogP contribution is 2.38.